The zero-order valence-electron chi connectivity index (χ0n) is 20.9. The van der Waals surface area contributed by atoms with Gasteiger partial charge in [-0.05, 0) is 56.9 Å². The van der Waals surface area contributed by atoms with Crippen molar-refractivity contribution in [1.82, 2.24) is 20.1 Å². The largest absolute Gasteiger partial charge is 0.438 e. The third kappa shape index (κ3) is 5.67. The van der Waals surface area contributed by atoms with Crippen molar-refractivity contribution in [3.8, 4) is 0 Å². The van der Waals surface area contributed by atoms with Gasteiger partial charge in [-0.1, -0.05) is 0 Å². The summed E-state index contributed by atoms with van der Waals surface area (Å²) in [5.74, 6) is -1.99. The molecule has 0 bridgehead atoms. The van der Waals surface area contributed by atoms with Crippen molar-refractivity contribution in [1.29, 1.82) is 0 Å². The lowest BCUT2D eigenvalue weighted by Gasteiger charge is -2.39. The molecule has 0 aromatic carbocycles. The first-order chi connectivity index (χ1) is 17.5. The minimum absolute atomic E-state index is 0.0169. The molecule has 4 heterocycles. The molecule has 10 nitrogen and oxygen atoms in total. The van der Waals surface area contributed by atoms with Crippen molar-refractivity contribution in [2.45, 2.75) is 37.4 Å². The standard InChI is InChI=1S/C24H33F3N8O2/c1-31-22(35-11-15(24(25,26)27)8-16(29)12-35)17(9-28)33-23(36)19-20-18(37-21(19)30)7-14(10-32-20)13-3-5-34(2)6-4-13/h7,9-10,13,15-16H,3-6,8,11-12,28-30H2,1-2H3,(H,33,36)/t15-,16+/m1/s1. The zero-order valence-corrected chi connectivity index (χ0v) is 20.9. The van der Waals surface area contributed by atoms with Gasteiger partial charge in [-0.25, -0.2) is 0 Å². The molecule has 0 radical (unpaired) electrons. The fraction of sp³-hybridized carbons (Fsp3) is 0.542. The van der Waals surface area contributed by atoms with Gasteiger partial charge in [0.05, 0.1) is 11.6 Å². The van der Waals surface area contributed by atoms with Crippen LogP contribution >= 0.6 is 0 Å². The molecule has 0 unspecified atom stereocenters. The Labute approximate surface area is 212 Å². The number of likely N-dealkylation sites (tertiary alicyclic amines) is 2. The number of hydrogen-bond donors (Lipinski definition) is 4. The van der Waals surface area contributed by atoms with Gasteiger partial charge < -0.3 is 36.7 Å². The first-order valence-corrected chi connectivity index (χ1v) is 12.2. The molecule has 2 aliphatic heterocycles. The van der Waals surface area contributed by atoms with E-state index in [1.165, 1.54) is 11.9 Å². The van der Waals surface area contributed by atoms with Gasteiger partial charge in [0.1, 0.15) is 16.9 Å². The number of alkyl halides is 3. The third-order valence-corrected chi connectivity index (χ3v) is 7.11. The molecule has 202 valence electrons. The highest BCUT2D eigenvalue weighted by Crippen LogP contribution is 2.34. The summed E-state index contributed by atoms with van der Waals surface area (Å²) in [6.07, 6.45) is 0.196. The molecule has 13 heteroatoms. The summed E-state index contributed by atoms with van der Waals surface area (Å²) in [4.78, 5) is 25.5. The Morgan fingerprint density at radius 1 is 1.30 bits per heavy atom. The van der Waals surface area contributed by atoms with Crippen LogP contribution in [-0.4, -0.2) is 79.0 Å². The molecular weight excluding hydrogens is 489 g/mol. The maximum absolute atomic E-state index is 13.4. The average Bonchev–Trinajstić information content (AvgIpc) is 3.18. The van der Waals surface area contributed by atoms with E-state index in [1.54, 1.807) is 6.20 Å². The molecule has 2 fully saturated rings. The highest BCUT2D eigenvalue weighted by Gasteiger charge is 2.44. The van der Waals surface area contributed by atoms with Gasteiger partial charge in [0.25, 0.3) is 5.91 Å². The maximum atomic E-state index is 13.4. The van der Waals surface area contributed by atoms with Gasteiger partial charge >= 0.3 is 6.18 Å². The van der Waals surface area contributed by atoms with Crippen LogP contribution in [-0.2, 0) is 0 Å². The van der Waals surface area contributed by atoms with Gasteiger partial charge in [0, 0.05) is 38.6 Å². The average molecular weight is 523 g/mol. The summed E-state index contributed by atoms with van der Waals surface area (Å²) in [7, 11) is 3.49. The Balaban J connectivity index is 1.55. The number of nitrogens with one attached hydrogen (secondary N) is 1. The third-order valence-electron chi connectivity index (χ3n) is 7.11. The SMILES string of the molecule is CN=C(C(=CN)NC(=O)c1c(N)oc2cc(C3CCN(C)CC3)cnc12)N1C[C@@H](N)C[C@@H](C(F)(F)F)C1. The van der Waals surface area contributed by atoms with Crippen LogP contribution in [0.5, 0.6) is 0 Å². The number of amidine groups is 1. The Hall–Kier alpha value is -3.32. The summed E-state index contributed by atoms with van der Waals surface area (Å²) >= 11 is 0. The summed E-state index contributed by atoms with van der Waals surface area (Å²) < 4.78 is 45.9. The topological polar surface area (TPSA) is 152 Å². The van der Waals surface area contributed by atoms with Gasteiger partial charge in [-0.3, -0.25) is 14.8 Å². The number of aliphatic imine (C=N–C) groups is 1. The van der Waals surface area contributed by atoms with Crippen molar-refractivity contribution in [2.24, 2.45) is 22.4 Å². The number of furan rings is 1. The number of anilines is 1. The maximum Gasteiger partial charge on any atom is 0.393 e. The molecule has 2 saturated heterocycles. The normalized spacial score (nSPS) is 23.0. The van der Waals surface area contributed by atoms with Gasteiger partial charge in [-0.2, -0.15) is 13.2 Å². The van der Waals surface area contributed by atoms with Crippen LogP contribution in [0.4, 0.5) is 19.1 Å². The van der Waals surface area contributed by atoms with Crippen molar-refractivity contribution in [2.75, 3.05) is 46.0 Å². The quantitative estimate of drug-likeness (QED) is 0.351. The molecular formula is C24H33F3N8O2. The van der Waals surface area contributed by atoms with Crippen LogP contribution < -0.4 is 22.5 Å². The number of carbonyl (C=O) groups excluding carboxylic acids is 1. The number of aromatic nitrogens is 1. The number of nitrogen functional groups attached to an aromatic ring is 1. The molecule has 0 spiro atoms. The fourth-order valence-electron chi connectivity index (χ4n) is 5.13. The Morgan fingerprint density at radius 2 is 2.00 bits per heavy atom. The number of nitrogens with two attached hydrogens (primary N) is 3. The first kappa shape index (κ1) is 26.7. The predicted molar refractivity (Wildman–Crippen MR) is 135 cm³/mol. The minimum Gasteiger partial charge on any atom is -0.438 e. The van der Waals surface area contributed by atoms with Gasteiger partial charge in [0.2, 0.25) is 5.88 Å². The van der Waals surface area contributed by atoms with Crippen LogP contribution in [0.15, 0.2) is 33.6 Å². The van der Waals surface area contributed by atoms with Crippen LogP contribution in [0.1, 0.15) is 41.1 Å². The van der Waals surface area contributed by atoms with Gasteiger partial charge in [-0.15, -0.1) is 0 Å². The van der Waals surface area contributed by atoms with Crippen LogP contribution in [0.3, 0.4) is 0 Å². The van der Waals surface area contributed by atoms with E-state index in [9.17, 15) is 18.0 Å². The molecule has 1 amide bonds. The van der Waals surface area contributed by atoms with Crippen molar-refractivity contribution < 1.29 is 22.4 Å². The summed E-state index contributed by atoms with van der Waals surface area (Å²) in [5.41, 5.74) is 19.5. The number of amides is 1. The van der Waals surface area contributed by atoms with Crippen LogP contribution in [0.2, 0.25) is 0 Å². The number of piperidine rings is 2. The van der Waals surface area contributed by atoms with Crippen LogP contribution in [0.25, 0.3) is 11.1 Å². The lowest BCUT2D eigenvalue weighted by atomic mass is 9.90. The predicted octanol–water partition coefficient (Wildman–Crippen LogP) is 1.99. The van der Waals surface area contributed by atoms with E-state index in [0.717, 1.165) is 37.7 Å². The number of nitrogens with zero attached hydrogens (tertiary/aromatic N) is 4. The number of halogens is 3. The first-order valence-electron chi connectivity index (χ1n) is 12.2. The second kappa shape index (κ2) is 10.6. The smallest absolute Gasteiger partial charge is 0.393 e. The zero-order chi connectivity index (χ0) is 26.9. The molecule has 0 aliphatic carbocycles. The Bertz CT molecular complexity index is 1200. The summed E-state index contributed by atoms with van der Waals surface area (Å²) in [5, 5.41) is 2.62. The molecule has 0 saturated carbocycles. The highest BCUT2D eigenvalue weighted by atomic mass is 19.4. The molecule has 4 rings (SSSR count). The Morgan fingerprint density at radius 3 is 2.62 bits per heavy atom. The molecule has 2 aromatic rings. The number of carbonyl (C=O) groups is 1. The highest BCUT2D eigenvalue weighted by molar-refractivity contribution is 6.12. The van der Waals surface area contributed by atoms with E-state index in [1.807, 2.05) is 6.07 Å². The lowest BCUT2D eigenvalue weighted by molar-refractivity contribution is -0.184. The van der Waals surface area contributed by atoms with E-state index in [4.69, 9.17) is 21.6 Å². The van der Waals surface area contributed by atoms with Gasteiger partial charge in [0.15, 0.2) is 5.58 Å². The molecule has 7 N–H and O–H groups in total. The van der Waals surface area contributed by atoms with E-state index in [-0.39, 0.29) is 48.0 Å². The number of hydrogen-bond acceptors (Lipinski definition) is 8. The second-order valence-corrected chi connectivity index (χ2v) is 9.76. The Kier molecular flexibility index (Phi) is 7.64. The van der Waals surface area contributed by atoms with E-state index in [2.05, 4.69) is 27.2 Å². The summed E-state index contributed by atoms with van der Waals surface area (Å²) in [6.45, 7) is 1.75. The van der Waals surface area contributed by atoms with Crippen LogP contribution in [0, 0.1) is 5.92 Å². The van der Waals surface area contributed by atoms with E-state index < -0.39 is 24.0 Å². The number of rotatable bonds is 4. The fourth-order valence-corrected chi connectivity index (χ4v) is 5.13. The van der Waals surface area contributed by atoms with E-state index in [0.29, 0.717) is 11.5 Å². The second-order valence-electron chi connectivity index (χ2n) is 9.76. The van der Waals surface area contributed by atoms with Crippen molar-refractivity contribution in [3.63, 3.8) is 0 Å². The van der Waals surface area contributed by atoms with Crippen molar-refractivity contribution >= 4 is 28.7 Å². The number of pyridine rings is 1. The molecule has 37 heavy (non-hydrogen) atoms. The number of fused-ring (bicyclic) bond motifs is 1. The van der Waals surface area contributed by atoms with E-state index >= 15 is 0 Å². The monoisotopic (exact) mass is 522 g/mol. The molecule has 2 aromatic heterocycles. The lowest BCUT2D eigenvalue weighted by Crippen LogP contribution is -2.54. The molecule has 2 aliphatic rings. The summed E-state index contributed by atoms with van der Waals surface area (Å²) in [6, 6.07) is 1.14. The van der Waals surface area contributed by atoms with Crippen molar-refractivity contribution in [3.05, 3.63) is 35.3 Å². The molecule has 2 atom stereocenters. The minimum atomic E-state index is -4.41.